The molecular weight excluding hydrogens is 210 g/mol. The fourth-order valence-corrected chi connectivity index (χ4v) is 1.85. The molecule has 0 aliphatic heterocycles. The number of hydrogen-bond acceptors (Lipinski definition) is 1. The number of halogens is 2. The summed E-state index contributed by atoms with van der Waals surface area (Å²) in [5.41, 5.74) is 0.178. The summed E-state index contributed by atoms with van der Waals surface area (Å²) < 4.78 is 26.2. The zero-order valence-electron chi connectivity index (χ0n) is 9.76. The molecule has 1 aromatic carbocycles. The van der Waals surface area contributed by atoms with Crippen molar-refractivity contribution in [3.63, 3.8) is 0 Å². The van der Waals surface area contributed by atoms with Crippen LogP contribution < -0.4 is 0 Å². The normalized spacial score (nSPS) is 11.8. The Bertz CT molecular complexity index is 338. The summed E-state index contributed by atoms with van der Waals surface area (Å²) >= 11 is 0. The Kier molecular flexibility index (Phi) is 4.42. The van der Waals surface area contributed by atoms with Gasteiger partial charge in [0.15, 0.2) is 0 Å². The molecule has 0 saturated heterocycles. The van der Waals surface area contributed by atoms with Crippen LogP contribution in [0.25, 0.3) is 0 Å². The minimum absolute atomic E-state index is 0.0246. The van der Waals surface area contributed by atoms with Crippen molar-refractivity contribution in [1.29, 1.82) is 0 Å². The van der Waals surface area contributed by atoms with Crippen LogP contribution in [-0.4, -0.2) is 11.7 Å². The summed E-state index contributed by atoms with van der Waals surface area (Å²) in [5, 5.41) is 9.39. The smallest absolute Gasteiger partial charge is 0.129 e. The average Bonchev–Trinajstić information content (AvgIpc) is 2.29. The minimum atomic E-state index is -0.566. The molecule has 1 rings (SSSR count). The van der Waals surface area contributed by atoms with E-state index in [1.54, 1.807) is 0 Å². The maximum absolute atomic E-state index is 13.5. The van der Waals surface area contributed by atoms with E-state index in [4.69, 9.17) is 0 Å². The highest BCUT2D eigenvalue weighted by Gasteiger charge is 2.26. The van der Waals surface area contributed by atoms with E-state index in [1.807, 2.05) is 13.8 Å². The van der Waals surface area contributed by atoms with Crippen LogP contribution in [0.4, 0.5) is 8.78 Å². The average molecular weight is 228 g/mol. The lowest BCUT2D eigenvalue weighted by Gasteiger charge is -2.29. The molecule has 0 heterocycles. The summed E-state index contributed by atoms with van der Waals surface area (Å²) in [4.78, 5) is 0. The lowest BCUT2D eigenvalue weighted by atomic mass is 9.77. The maximum Gasteiger partial charge on any atom is 0.129 e. The molecule has 0 atom stereocenters. The first-order valence-corrected chi connectivity index (χ1v) is 5.61. The largest absolute Gasteiger partial charge is 0.396 e. The van der Waals surface area contributed by atoms with Gasteiger partial charge >= 0.3 is 0 Å². The molecule has 0 spiro atoms. The van der Waals surface area contributed by atoms with Gasteiger partial charge in [-0.2, -0.15) is 0 Å². The van der Waals surface area contributed by atoms with Crippen LogP contribution in [0.5, 0.6) is 0 Å². The number of aliphatic hydroxyl groups excluding tert-OH is 1. The Morgan fingerprint density at radius 2 is 1.81 bits per heavy atom. The molecular formula is C13H18F2O. The van der Waals surface area contributed by atoms with Crippen molar-refractivity contribution in [1.82, 2.24) is 0 Å². The van der Waals surface area contributed by atoms with Crippen molar-refractivity contribution >= 4 is 0 Å². The van der Waals surface area contributed by atoms with Gasteiger partial charge in [0.05, 0.1) is 0 Å². The molecule has 1 nitrogen and oxygen atoms in total. The fourth-order valence-electron chi connectivity index (χ4n) is 1.85. The Morgan fingerprint density at radius 1 is 1.19 bits per heavy atom. The van der Waals surface area contributed by atoms with Crippen LogP contribution in [0.3, 0.4) is 0 Å². The molecule has 0 bridgehead atoms. The molecule has 3 heteroatoms. The van der Waals surface area contributed by atoms with Gasteiger partial charge in [0.1, 0.15) is 11.6 Å². The second kappa shape index (κ2) is 5.39. The molecule has 0 radical (unpaired) electrons. The van der Waals surface area contributed by atoms with Gasteiger partial charge in [-0.25, -0.2) is 8.78 Å². The molecule has 0 aliphatic carbocycles. The predicted octanol–water partition coefficient (Wildman–Crippen LogP) is 3.31. The van der Waals surface area contributed by atoms with Crippen LogP contribution in [0, 0.1) is 17.0 Å². The third-order valence-corrected chi connectivity index (χ3v) is 3.42. The lowest BCUT2D eigenvalue weighted by Crippen LogP contribution is -2.27. The highest BCUT2D eigenvalue weighted by Crippen LogP contribution is 2.31. The van der Waals surface area contributed by atoms with E-state index in [9.17, 15) is 13.9 Å². The Labute approximate surface area is 95.1 Å². The summed E-state index contributed by atoms with van der Waals surface area (Å²) in [6.07, 6.45) is 2.00. The Hall–Kier alpha value is -0.960. The summed E-state index contributed by atoms with van der Waals surface area (Å²) in [6, 6.07) is 3.61. The Balaban J connectivity index is 2.93. The van der Waals surface area contributed by atoms with Gasteiger partial charge in [0.2, 0.25) is 0 Å². The van der Waals surface area contributed by atoms with Crippen LogP contribution in [0.1, 0.15) is 32.3 Å². The van der Waals surface area contributed by atoms with E-state index in [0.29, 0.717) is 12.0 Å². The van der Waals surface area contributed by atoms with E-state index < -0.39 is 11.6 Å². The zero-order chi connectivity index (χ0) is 12.2. The van der Waals surface area contributed by atoms with Gasteiger partial charge in [-0.05, 0) is 36.3 Å². The molecule has 0 aliphatic rings. The minimum Gasteiger partial charge on any atom is -0.396 e. The third kappa shape index (κ3) is 2.79. The van der Waals surface area contributed by atoms with Gasteiger partial charge in [-0.1, -0.05) is 19.9 Å². The maximum atomic E-state index is 13.5. The second-order valence-corrected chi connectivity index (χ2v) is 4.28. The Morgan fingerprint density at radius 3 is 2.25 bits per heavy atom. The van der Waals surface area contributed by atoms with E-state index >= 15 is 0 Å². The first-order chi connectivity index (χ1) is 7.56. The highest BCUT2D eigenvalue weighted by molar-refractivity contribution is 5.20. The van der Waals surface area contributed by atoms with E-state index in [-0.39, 0.29) is 12.0 Å². The topological polar surface area (TPSA) is 20.2 Å². The molecule has 90 valence electrons. The van der Waals surface area contributed by atoms with Gasteiger partial charge in [0.25, 0.3) is 0 Å². The monoisotopic (exact) mass is 228 g/mol. The standard InChI is InChI=1S/C13H18F2O/c1-3-13(4-2,9-16)8-10-5-6-11(14)7-12(10)15/h5-7,16H,3-4,8-9H2,1-2H3. The van der Waals surface area contributed by atoms with E-state index in [0.717, 1.165) is 18.9 Å². The van der Waals surface area contributed by atoms with Crippen LogP contribution >= 0.6 is 0 Å². The molecule has 0 aromatic heterocycles. The summed E-state index contributed by atoms with van der Waals surface area (Å²) in [5.74, 6) is -1.09. The van der Waals surface area contributed by atoms with Crippen LogP contribution in [0.2, 0.25) is 0 Å². The number of aliphatic hydroxyl groups is 1. The van der Waals surface area contributed by atoms with Crippen molar-refractivity contribution < 1.29 is 13.9 Å². The first-order valence-electron chi connectivity index (χ1n) is 5.61. The molecule has 0 saturated carbocycles. The van der Waals surface area contributed by atoms with Crippen LogP contribution in [0.15, 0.2) is 18.2 Å². The van der Waals surface area contributed by atoms with E-state index in [1.165, 1.54) is 12.1 Å². The molecule has 0 fully saturated rings. The SMILES string of the molecule is CCC(CC)(CO)Cc1ccc(F)cc1F. The molecule has 0 unspecified atom stereocenters. The molecule has 16 heavy (non-hydrogen) atoms. The zero-order valence-corrected chi connectivity index (χ0v) is 9.76. The van der Waals surface area contributed by atoms with Crippen molar-refractivity contribution in [3.05, 3.63) is 35.4 Å². The fraction of sp³-hybridized carbons (Fsp3) is 0.538. The van der Waals surface area contributed by atoms with Crippen molar-refractivity contribution in [3.8, 4) is 0 Å². The molecule has 1 N–H and O–H groups in total. The third-order valence-electron chi connectivity index (χ3n) is 3.42. The summed E-state index contributed by atoms with van der Waals surface area (Å²) in [7, 11) is 0. The number of benzene rings is 1. The summed E-state index contributed by atoms with van der Waals surface area (Å²) in [6.45, 7) is 3.97. The van der Waals surface area contributed by atoms with Crippen molar-refractivity contribution in [2.24, 2.45) is 5.41 Å². The number of hydrogen-bond donors (Lipinski definition) is 1. The van der Waals surface area contributed by atoms with Gasteiger partial charge in [0, 0.05) is 12.7 Å². The van der Waals surface area contributed by atoms with E-state index in [2.05, 4.69) is 0 Å². The molecule has 0 amide bonds. The van der Waals surface area contributed by atoms with Gasteiger partial charge in [-0.15, -0.1) is 0 Å². The quantitative estimate of drug-likeness (QED) is 0.819. The van der Waals surface area contributed by atoms with Gasteiger partial charge < -0.3 is 5.11 Å². The first kappa shape index (κ1) is 13.1. The van der Waals surface area contributed by atoms with Crippen LogP contribution in [-0.2, 0) is 6.42 Å². The highest BCUT2D eigenvalue weighted by atomic mass is 19.1. The van der Waals surface area contributed by atoms with Crippen molar-refractivity contribution in [2.75, 3.05) is 6.61 Å². The van der Waals surface area contributed by atoms with Crippen molar-refractivity contribution in [2.45, 2.75) is 33.1 Å². The van der Waals surface area contributed by atoms with Gasteiger partial charge in [-0.3, -0.25) is 0 Å². The number of rotatable bonds is 5. The molecule has 1 aromatic rings. The lowest BCUT2D eigenvalue weighted by molar-refractivity contribution is 0.114. The predicted molar refractivity (Wildman–Crippen MR) is 60.2 cm³/mol. The second-order valence-electron chi connectivity index (χ2n) is 4.28.